The molecule has 0 spiro atoms. The molecule has 0 N–H and O–H groups in total. The minimum atomic E-state index is -0.309. The molecule has 0 saturated carbocycles. The topological polar surface area (TPSA) is 26.3 Å². The molecule has 0 aromatic heterocycles. The number of rotatable bonds is 2. The number of esters is 1. The molecule has 1 rings (SSSR count). The molecule has 0 amide bonds. The predicted molar refractivity (Wildman–Crippen MR) is 67.3 cm³/mol. The molecule has 0 aliphatic heterocycles. The Labute approximate surface area is 108 Å². The first kappa shape index (κ1) is 13.1. The molecule has 0 unspecified atom stereocenters. The maximum Gasteiger partial charge on any atom is 0.317 e. The third-order valence-electron chi connectivity index (χ3n) is 1.63. The molecule has 84 valence electrons. The van der Waals surface area contributed by atoms with Crippen LogP contribution in [0.15, 0.2) is 22.7 Å². The van der Waals surface area contributed by atoms with Gasteiger partial charge in [0, 0.05) is 15.1 Å². The van der Waals surface area contributed by atoms with Gasteiger partial charge in [-0.3, -0.25) is 4.79 Å². The molecule has 0 radical (unpaired) electrons. The van der Waals surface area contributed by atoms with Crippen molar-refractivity contribution in [1.82, 2.24) is 0 Å². The summed E-state index contributed by atoms with van der Waals surface area (Å²) in [6.45, 7) is 2.14. The van der Waals surface area contributed by atoms with E-state index in [1.54, 1.807) is 19.1 Å². The Kier molecular flexibility index (Phi) is 5.37. The van der Waals surface area contributed by atoms with Crippen molar-refractivity contribution in [3.05, 3.63) is 33.3 Å². The maximum atomic E-state index is 11.0. The van der Waals surface area contributed by atoms with Gasteiger partial charge in [-0.15, -0.1) is 0 Å². The summed E-state index contributed by atoms with van der Waals surface area (Å²) in [6.07, 6.45) is 0.0952. The summed E-state index contributed by atoms with van der Waals surface area (Å²) in [5, 5.41) is 0.606. The van der Waals surface area contributed by atoms with Crippen LogP contribution in [0.5, 0.6) is 0 Å². The van der Waals surface area contributed by atoms with Gasteiger partial charge in [-0.05, 0) is 25.1 Å². The number of hydrogen-bond acceptors (Lipinski definition) is 2. The van der Waals surface area contributed by atoms with Gasteiger partial charge in [0.25, 0.3) is 0 Å². The van der Waals surface area contributed by atoms with E-state index in [0.717, 1.165) is 10.0 Å². The molecule has 0 saturated heterocycles. The SMILES string of the molecule is CCOC(=O)CC#Cc1cc(Cl)cc(Br)c1. The third kappa shape index (κ3) is 4.69. The number of carbonyl (C=O) groups excluding carboxylic acids is 1. The van der Waals surface area contributed by atoms with Gasteiger partial charge in [-0.1, -0.05) is 39.4 Å². The molecule has 0 heterocycles. The van der Waals surface area contributed by atoms with Crippen molar-refractivity contribution in [1.29, 1.82) is 0 Å². The Morgan fingerprint density at radius 2 is 2.25 bits per heavy atom. The van der Waals surface area contributed by atoms with Crippen molar-refractivity contribution in [3.63, 3.8) is 0 Å². The van der Waals surface area contributed by atoms with E-state index in [4.69, 9.17) is 16.3 Å². The van der Waals surface area contributed by atoms with E-state index in [2.05, 4.69) is 27.8 Å². The van der Waals surface area contributed by atoms with Gasteiger partial charge < -0.3 is 4.74 Å². The van der Waals surface area contributed by atoms with Crippen LogP contribution < -0.4 is 0 Å². The molecule has 0 fully saturated rings. The number of halogens is 2. The number of ether oxygens (including phenoxy) is 1. The van der Waals surface area contributed by atoms with Gasteiger partial charge in [0.2, 0.25) is 0 Å². The molecule has 0 aliphatic carbocycles. The Bertz CT molecular complexity index is 426. The Morgan fingerprint density at radius 1 is 1.50 bits per heavy atom. The Balaban J connectivity index is 2.66. The zero-order valence-electron chi connectivity index (χ0n) is 8.72. The van der Waals surface area contributed by atoms with Gasteiger partial charge in [0.1, 0.15) is 6.42 Å². The Hall–Kier alpha value is -0.980. The smallest absolute Gasteiger partial charge is 0.317 e. The van der Waals surface area contributed by atoms with Crippen LogP contribution in [0.4, 0.5) is 0 Å². The molecule has 4 heteroatoms. The summed E-state index contributed by atoms with van der Waals surface area (Å²) < 4.78 is 5.61. The minimum Gasteiger partial charge on any atom is -0.465 e. The average molecular weight is 302 g/mol. The lowest BCUT2D eigenvalue weighted by Gasteiger charge is -1.96. The van der Waals surface area contributed by atoms with E-state index in [1.165, 1.54) is 0 Å². The van der Waals surface area contributed by atoms with Gasteiger partial charge in [-0.25, -0.2) is 0 Å². The average Bonchev–Trinajstić information content (AvgIpc) is 2.16. The van der Waals surface area contributed by atoms with Crippen molar-refractivity contribution >= 4 is 33.5 Å². The summed E-state index contributed by atoms with van der Waals surface area (Å²) in [6, 6.07) is 5.35. The quantitative estimate of drug-likeness (QED) is 0.618. The number of benzene rings is 1. The maximum absolute atomic E-state index is 11.0. The highest BCUT2D eigenvalue weighted by Crippen LogP contribution is 2.18. The first-order chi connectivity index (χ1) is 7.61. The molecule has 0 atom stereocenters. The molecular formula is C12H10BrClO2. The minimum absolute atomic E-state index is 0.0952. The largest absolute Gasteiger partial charge is 0.465 e. The summed E-state index contributed by atoms with van der Waals surface area (Å²) in [5.74, 6) is 5.28. The van der Waals surface area contributed by atoms with Crippen molar-refractivity contribution in [2.24, 2.45) is 0 Å². The second-order valence-electron chi connectivity index (χ2n) is 2.94. The molecule has 16 heavy (non-hydrogen) atoms. The second kappa shape index (κ2) is 6.57. The van der Waals surface area contributed by atoms with Gasteiger partial charge in [0.15, 0.2) is 0 Å². The molecule has 1 aromatic rings. The molecule has 0 aliphatic rings. The van der Waals surface area contributed by atoms with Crippen LogP contribution in [0, 0.1) is 11.8 Å². The van der Waals surface area contributed by atoms with E-state index in [9.17, 15) is 4.79 Å². The summed E-state index contributed by atoms with van der Waals surface area (Å²) >= 11 is 9.17. The lowest BCUT2D eigenvalue weighted by atomic mass is 10.2. The summed E-state index contributed by atoms with van der Waals surface area (Å²) in [7, 11) is 0. The van der Waals surface area contributed by atoms with Crippen LogP contribution in [0.2, 0.25) is 5.02 Å². The van der Waals surface area contributed by atoms with Crippen LogP contribution in [0.1, 0.15) is 18.9 Å². The fourth-order valence-corrected chi connectivity index (χ4v) is 1.92. The van der Waals surface area contributed by atoms with Crippen molar-refractivity contribution in [2.45, 2.75) is 13.3 Å². The number of hydrogen-bond donors (Lipinski definition) is 0. The zero-order chi connectivity index (χ0) is 12.0. The summed E-state index contributed by atoms with van der Waals surface area (Å²) in [4.78, 5) is 11.0. The zero-order valence-corrected chi connectivity index (χ0v) is 11.1. The first-order valence-electron chi connectivity index (χ1n) is 4.72. The lowest BCUT2D eigenvalue weighted by molar-refractivity contribution is -0.141. The molecule has 0 bridgehead atoms. The highest BCUT2D eigenvalue weighted by molar-refractivity contribution is 9.10. The molecule has 1 aromatic carbocycles. The van der Waals surface area contributed by atoms with Crippen molar-refractivity contribution in [3.8, 4) is 11.8 Å². The van der Waals surface area contributed by atoms with Gasteiger partial charge in [0.05, 0.1) is 6.61 Å². The van der Waals surface area contributed by atoms with E-state index in [0.29, 0.717) is 11.6 Å². The fourth-order valence-electron chi connectivity index (χ4n) is 1.06. The predicted octanol–water partition coefficient (Wildman–Crippen LogP) is 3.41. The lowest BCUT2D eigenvalue weighted by Crippen LogP contribution is -2.01. The summed E-state index contributed by atoms with van der Waals surface area (Å²) in [5.41, 5.74) is 0.767. The van der Waals surface area contributed by atoms with E-state index < -0.39 is 0 Å². The fraction of sp³-hybridized carbons (Fsp3) is 0.250. The first-order valence-corrected chi connectivity index (χ1v) is 5.89. The van der Waals surface area contributed by atoms with Crippen LogP contribution in [-0.2, 0) is 9.53 Å². The van der Waals surface area contributed by atoms with Crippen LogP contribution in [0.25, 0.3) is 0 Å². The van der Waals surface area contributed by atoms with Gasteiger partial charge in [-0.2, -0.15) is 0 Å². The standard InChI is InChI=1S/C12H10BrClO2/c1-2-16-12(15)5-3-4-9-6-10(13)8-11(14)7-9/h6-8H,2,5H2,1H3. The van der Waals surface area contributed by atoms with E-state index in [1.807, 2.05) is 6.07 Å². The van der Waals surface area contributed by atoms with Crippen molar-refractivity contribution < 1.29 is 9.53 Å². The monoisotopic (exact) mass is 300 g/mol. The number of carbonyl (C=O) groups is 1. The van der Waals surface area contributed by atoms with E-state index in [-0.39, 0.29) is 12.4 Å². The third-order valence-corrected chi connectivity index (χ3v) is 2.31. The molecular weight excluding hydrogens is 291 g/mol. The van der Waals surface area contributed by atoms with Crippen molar-refractivity contribution in [2.75, 3.05) is 6.61 Å². The highest BCUT2D eigenvalue weighted by atomic mass is 79.9. The Morgan fingerprint density at radius 3 is 2.88 bits per heavy atom. The molecule has 2 nitrogen and oxygen atoms in total. The second-order valence-corrected chi connectivity index (χ2v) is 4.29. The van der Waals surface area contributed by atoms with Crippen LogP contribution in [0.3, 0.4) is 0 Å². The van der Waals surface area contributed by atoms with Crippen LogP contribution in [-0.4, -0.2) is 12.6 Å². The van der Waals surface area contributed by atoms with Gasteiger partial charge >= 0.3 is 5.97 Å². The van der Waals surface area contributed by atoms with Crippen LogP contribution >= 0.6 is 27.5 Å². The normalized spacial score (nSPS) is 9.19. The van der Waals surface area contributed by atoms with E-state index >= 15 is 0 Å². The highest BCUT2D eigenvalue weighted by Gasteiger charge is 1.97.